The topological polar surface area (TPSA) is 61.6 Å². The summed E-state index contributed by atoms with van der Waals surface area (Å²) in [6, 6.07) is -0.00595. The molecule has 3 atom stereocenters. The van der Waals surface area contributed by atoms with Crippen LogP contribution >= 0.6 is 0 Å². The molecule has 1 saturated carbocycles. The number of carbonyl (C=O) groups excluding carboxylic acids is 1. The molecule has 2 rings (SSSR count). The van der Waals surface area contributed by atoms with Crippen LogP contribution in [0.2, 0.25) is 0 Å². The summed E-state index contributed by atoms with van der Waals surface area (Å²) in [5.74, 6) is -0.197. The molecule has 4 heteroatoms. The lowest BCUT2D eigenvalue weighted by Crippen LogP contribution is -2.40. The average Bonchev–Trinajstić information content (AvgIpc) is 2.71. The van der Waals surface area contributed by atoms with Gasteiger partial charge in [-0.25, -0.2) is 0 Å². The molecule has 1 aliphatic heterocycles. The highest BCUT2D eigenvalue weighted by atomic mass is 16.6. The molecular formula is C11H19NO3. The summed E-state index contributed by atoms with van der Waals surface area (Å²) in [7, 11) is 0. The maximum atomic E-state index is 11.8. The Balaban J connectivity index is 1.83. The molecule has 0 aromatic rings. The van der Waals surface area contributed by atoms with Crippen LogP contribution in [0.1, 0.15) is 32.1 Å². The highest BCUT2D eigenvalue weighted by Gasteiger charge is 2.31. The van der Waals surface area contributed by atoms with Crippen LogP contribution in [0.5, 0.6) is 0 Å². The van der Waals surface area contributed by atoms with Crippen molar-refractivity contribution >= 4 is 5.97 Å². The number of hydrogen-bond acceptors (Lipinski definition) is 4. The van der Waals surface area contributed by atoms with Gasteiger partial charge in [0.05, 0.1) is 19.1 Å². The summed E-state index contributed by atoms with van der Waals surface area (Å²) in [6.07, 6.45) is 4.85. The second-order valence-corrected chi connectivity index (χ2v) is 4.48. The molecular weight excluding hydrogens is 194 g/mol. The third-order valence-corrected chi connectivity index (χ3v) is 3.29. The molecule has 2 aliphatic rings. The lowest BCUT2D eigenvalue weighted by atomic mass is 9.85. The molecule has 0 aromatic heterocycles. The summed E-state index contributed by atoms with van der Waals surface area (Å²) in [5.41, 5.74) is 5.92. The lowest BCUT2D eigenvalue weighted by molar-refractivity contribution is -0.155. The predicted molar refractivity (Wildman–Crippen MR) is 55.2 cm³/mol. The van der Waals surface area contributed by atoms with Gasteiger partial charge in [-0.1, -0.05) is 12.8 Å². The van der Waals surface area contributed by atoms with Gasteiger partial charge in [0.25, 0.3) is 0 Å². The van der Waals surface area contributed by atoms with Crippen molar-refractivity contribution < 1.29 is 14.3 Å². The number of rotatable bonds is 2. The summed E-state index contributed by atoms with van der Waals surface area (Å²) in [5, 5.41) is 0. The summed E-state index contributed by atoms with van der Waals surface area (Å²) >= 11 is 0. The van der Waals surface area contributed by atoms with Crippen LogP contribution in [0.3, 0.4) is 0 Å². The van der Waals surface area contributed by atoms with E-state index >= 15 is 0 Å². The van der Waals surface area contributed by atoms with Crippen molar-refractivity contribution in [2.45, 2.75) is 44.2 Å². The predicted octanol–water partition coefficient (Wildman–Crippen LogP) is 0.836. The molecule has 1 aliphatic carbocycles. The first-order valence-electron chi connectivity index (χ1n) is 5.81. The van der Waals surface area contributed by atoms with Gasteiger partial charge in [0.15, 0.2) is 0 Å². The second-order valence-electron chi connectivity index (χ2n) is 4.48. The van der Waals surface area contributed by atoms with E-state index in [1.165, 1.54) is 0 Å². The first-order chi connectivity index (χ1) is 7.27. The number of hydrogen-bond donors (Lipinski definition) is 1. The van der Waals surface area contributed by atoms with Gasteiger partial charge < -0.3 is 15.2 Å². The van der Waals surface area contributed by atoms with Crippen LogP contribution < -0.4 is 5.73 Å². The van der Waals surface area contributed by atoms with Crippen molar-refractivity contribution in [3.05, 3.63) is 0 Å². The molecule has 1 saturated heterocycles. The molecule has 3 unspecified atom stereocenters. The first kappa shape index (κ1) is 10.9. The van der Waals surface area contributed by atoms with Gasteiger partial charge in [-0.15, -0.1) is 0 Å². The Morgan fingerprint density at radius 3 is 2.73 bits per heavy atom. The van der Waals surface area contributed by atoms with Crippen molar-refractivity contribution in [1.29, 1.82) is 0 Å². The molecule has 4 nitrogen and oxygen atoms in total. The standard InChI is InChI=1S/C11H19NO3/c12-10-4-2-1-3-9(10)11(13)15-8-5-6-14-7-8/h8-10H,1-7,12H2. The Bertz CT molecular complexity index is 226. The zero-order chi connectivity index (χ0) is 10.7. The fraction of sp³-hybridized carbons (Fsp3) is 0.909. The van der Waals surface area contributed by atoms with Crippen molar-refractivity contribution in [2.24, 2.45) is 11.7 Å². The minimum Gasteiger partial charge on any atom is -0.460 e. The fourth-order valence-electron chi connectivity index (χ4n) is 2.31. The Kier molecular flexibility index (Phi) is 3.59. The summed E-state index contributed by atoms with van der Waals surface area (Å²) in [6.45, 7) is 1.25. The monoisotopic (exact) mass is 213 g/mol. The largest absolute Gasteiger partial charge is 0.460 e. The van der Waals surface area contributed by atoms with E-state index in [4.69, 9.17) is 15.2 Å². The zero-order valence-electron chi connectivity index (χ0n) is 8.98. The van der Waals surface area contributed by atoms with Gasteiger partial charge in [0.1, 0.15) is 6.10 Å². The number of nitrogens with two attached hydrogens (primary N) is 1. The first-order valence-corrected chi connectivity index (χ1v) is 5.81. The van der Waals surface area contributed by atoms with Crippen LogP contribution in [0.15, 0.2) is 0 Å². The Morgan fingerprint density at radius 2 is 2.07 bits per heavy atom. The molecule has 86 valence electrons. The third-order valence-electron chi connectivity index (χ3n) is 3.29. The van der Waals surface area contributed by atoms with Crippen LogP contribution in [-0.2, 0) is 14.3 Å². The van der Waals surface area contributed by atoms with Crippen molar-refractivity contribution in [2.75, 3.05) is 13.2 Å². The number of esters is 1. The zero-order valence-corrected chi connectivity index (χ0v) is 8.98. The molecule has 1 heterocycles. The average molecular weight is 213 g/mol. The van der Waals surface area contributed by atoms with E-state index in [0.717, 1.165) is 32.1 Å². The number of ether oxygens (including phenoxy) is 2. The normalized spacial score (nSPS) is 36.5. The third kappa shape index (κ3) is 2.69. The smallest absolute Gasteiger partial charge is 0.310 e. The van der Waals surface area contributed by atoms with Crippen LogP contribution in [0.25, 0.3) is 0 Å². The maximum absolute atomic E-state index is 11.8. The second kappa shape index (κ2) is 4.94. The molecule has 15 heavy (non-hydrogen) atoms. The van der Waals surface area contributed by atoms with Gasteiger partial charge in [-0.3, -0.25) is 4.79 Å². The molecule has 0 amide bonds. The van der Waals surface area contributed by atoms with E-state index in [0.29, 0.717) is 13.2 Å². The van der Waals surface area contributed by atoms with E-state index in [9.17, 15) is 4.79 Å². The lowest BCUT2D eigenvalue weighted by Gasteiger charge is -2.27. The summed E-state index contributed by atoms with van der Waals surface area (Å²) < 4.78 is 10.5. The summed E-state index contributed by atoms with van der Waals surface area (Å²) in [4.78, 5) is 11.8. The van der Waals surface area contributed by atoms with Crippen LogP contribution in [0, 0.1) is 5.92 Å². The Morgan fingerprint density at radius 1 is 1.27 bits per heavy atom. The highest BCUT2D eigenvalue weighted by Crippen LogP contribution is 2.25. The van der Waals surface area contributed by atoms with Crippen molar-refractivity contribution in [3.63, 3.8) is 0 Å². The minimum absolute atomic E-state index is 0.00595. The highest BCUT2D eigenvalue weighted by molar-refractivity contribution is 5.73. The molecule has 0 spiro atoms. The van der Waals surface area contributed by atoms with Crippen LogP contribution in [-0.4, -0.2) is 31.3 Å². The molecule has 0 radical (unpaired) electrons. The van der Waals surface area contributed by atoms with E-state index in [-0.39, 0.29) is 24.0 Å². The van der Waals surface area contributed by atoms with Crippen molar-refractivity contribution in [1.82, 2.24) is 0 Å². The minimum atomic E-state index is -0.113. The van der Waals surface area contributed by atoms with E-state index < -0.39 is 0 Å². The SMILES string of the molecule is NC1CCCCC1C(=O)OC1CCOC1. The van der Waals surface area contributed by atoms with Gasteiger partial charge in [0, 0.05) is 12.5 Å². The fourth-order valence-corrected chi connectivity index (χ4v) is 2.31. The molecule has 2 N–H and O–H groups in total. The Hall–Kier alpha value is -0.610. The maximum Gasteiger partial charge on any atom is 0.310 e. The van der Waals surface area contributed by atoms with Gasteiger partial charge in [0.2, 0.25) is 0 Å². The quantitative estimate of drug-likeness (QED) is 0.690. The van der Waals surface area contributed by atoms with E-state index in [1.54, 1.807) is 0 Å². The van der Waals surface area contributed by atoms with E-state index in [1.807, 2.05) is 0 Å². The van der Waals surface area contributed by atoms with Crippen LogP contribution in [0.4, 0.5) is 0 Å². The molecule has 0 bridgehead atoms. The van der Waals surface area contributed by atoms with Crippen molar-refractivity contribution in [3.8, 4) is 0 Å². The molecule has 2 fully saturated rings. The van der Waals surface area contributed by atoms with Gasteiger partial charge in [-0.2, -0.15) is 0 Å². The number of carbonyl (C=O) groups is 1. The molecule has 0 aromatic carbocycles. The van der Waals surface area contributed by atoms with Gasteiger partial charge >= 0.3 is 5.97 Å². The van der Waals surface area contributed by atoms with E-state index in [2.05, 4.69) is 0 Å². The van der Waals surface area contributed by atoms with Gasteiger partial charge in [-0.05, 0) is 12.8 Å². The Labute approximate surface area is 90.1 Å².